The monoisotopic (exact) mass is 217 g/mol. The fourth-order valence-corrected chi connectivity index (χ4v) is 1.54. The predicted octanol–water partition coefficient (Wildman–Crippen LogP) is 1.93. The molecule has 0 saturated carbocycles. The van der Waals surface area contributed by atoms with Crippen molar-refractivity contribution in [2.75, 3.05) is 5.73 Å². The maximum Gasteiger partial charge on any atom is 0.143 e. The molecule has 0 fully saturated rings. The standard InChI is InChI=1S/C12H12FN3/c13-10-5-11(15)12(16-7-10)9-3-1-2-8(4-9)6-14/h1-5,7H,6,14-15H2. The Labute approximate surface area is 92.9 Å². The van der Waals surface area contributed by atoms with E-state index in [1.165, 1.54) is 6.07 Å². The zero-order chi connectivity index (χ0) is 11.5. The smallest absolute Gasteiger partial charge is 0.143 e. The number of hydrogen-bond acceptors (Lipinski definition) is 3. The summed E-state index contributed by atoms with van der Waals surface area (Å²) in [6.07, 6.45) is 1.15. The Morgan fingerprint density at radius 3 is 2.75 bits per heavy atom. The van der Waals surface area contributed by atoms with Crippen molar-refractivity contribution < 1.29 is 4.39 Å². The summed E-state index contributed by atoms with van der Waals surface area (Å²) in [5, 5.41) is 0. The van der Waals surface area contributed by atoms with Crippen LogP contribution in [0.15, 0.2) is 36.5 Å². The minimum absolute atomic E-state index is 0.328. The zero-order valence-electron chi connectivity index (χ0n) is 8.65. The molecule has 0 aliphatic carbocycles. The van der Waals surface area contributed by atoms with Gasteiger partial charge in [0.15, 0.2) is 0 Å². The number of halogens is 1. The number of nitrogens with zero attached hydrogens (tertiary/aromatic N) is 1. The number of nitrogen functional groups attached to an aromatic ring is 1. The molecule has 0 saturated heterocycles. The van der Waals surface area contributed by atoms with Crippen LogP contribution in [0, 0.1) is 5.82 Å². The van der Waals surface area contributed by atoms with Crippen LogP contribution in [0.5, 0.6) is 0 Å². The summed E-state index contributed by atoms with van der Waals surface area (Å²) in [5.74, 6) is -0.434. The van der Waals surface area contributed by atoms with Gasteiger partial charge in [-0.05, 0) is 11.6 Å². The van der Waals surface area contributed by atoms with Crippen molar-refractivity contribution in [2.45, 2.75) is 6.54 Å². The molecule has 0 bridgehead atoms. The van der Waals surface area contributed by atoms with Gasteiger partial charge in [0.05, 0.1) is 17.6 Å². The lowest BCUT2D eigenvalue weighted by Crippen LogP contribution is -1.98. The first-order valence-electron chi connectivity index (χ1n) is 4.91. The van der Waals surface area contributed by atoms with Gasteiger partial charge in [0.1, 0.15) is 5.82 Å². The summed E-state index contributed by atoms with van der Waals surface area (Å²) in [7, 11) is 0. The van der Waals surface area contributed by atoms with Gasteiger partial charge in [-0.15, -0.1) is 0 Å². The number of nitrogens with two attached hydrogens (primary N) is 2. The molecule has 16 heavy (non-hydrogen) atoms. The van der Waals surface area contributed by atoms with E-state index in [0.717, 1.165) is 17.3 Å². The molecule has 0 atom stereocenters. The Hall–Kier alpha value is -1.94. The van der Waals surface area contributed by atoms with E-state index in [4.69, 9.17) is 11.5 Å². The highest BCUT2D eigenvalue weighted by molar-refractivity contribution is 5.72. The summed E-state index contributed by atoms with van der Waals surface area (Å²) in [6.45, 7) is 0.453. The van der Waals surface area contributed by atoms with Gasteiger partial charge in [-0.3, -0.25) is 4.98 Å². The molecule has 2 rings (SSSR count). The first kappa shape index (κ1) is 10.6. The van der Waals surface area contributed by atoms with E-state index in [0.29, 0.717) is 17.9 Å². The molecule has 0 radical (unpaired) electrons. The second-order valence-electron chi connectivity index (χ2n) is 3.50. The van der Waals surface area contributed by atoms with E-state index >= 15 is 0 Å². The Bertz CT molecular complexity index is 511. The van der Waals surface area contributed by atoms with E-state index in [2.05, 4.69) is 4.98 Å². The molecule has 0 amide bonds. The summed E-state index contributed by atoms with van der Waals surface area (Å²) in [5.41, 5.74) is 14.0. The van der Waals surface area contributed by atoms with Crippen LogP contribution in [-0.4, -0.2) is 4.98 Å². The molecule has 0 unspecified atom stereocenters. The molecule has 1 heterocycles. The highest BCUT2D eigenvalue weighted by Gasteiger charge is 2.05. The van der Waals surface area contributed by atoms with Crippen LogP contribution >= 0.6 is 0 Å². The predicted molar refractivity (Wildman–Crippen MR) is 61.9 cm³/mol. The van der Waals surface area contributed by atoms with Crippen molar-refractivity contribution in [3.05, 3.63) is 47.9 Å². The van der Waals surface area contributed by atoms with Gasteiger partial charge in [-0.25, -0.2) is 4.39 Å². The third-order valence-electron chi connectivity index (χ3n) is 2.32. The van der Waals surface area contributed by atoms with Crippen LogP contribution in [0.3, 0.4) is 0 Å². The number of pyridine rings is 1. The van der Waals surface area contributed by atoms with Crippen LogP contribution < -0.4 is 11.5 Å². The van der Waals surface area contributed by atoms with E-state index in [1.807, 2.05) is 24.3 Å². The van der Waals surface area contributed by atoms with Crippen LogP contribution in [0.2, 0.25) is 0 Å². The normalized spacial score (nSPS) is 10.4. The van der Waals surface area contributed by atoms with E-state index in [1.54, 1.807) is 0 Å². The summed E-state index contributed by atoms with van der Waals surface area (Å²) in [6, 6.07) is 8.83. The largest absolute Gasteiger partial charge is 0.397 e. The van der Waals surface area contributed by atoms with E-state index in [9.17, 15) is 4.39 Å². The van der Waals surface area contributed by atoms with Crippen LogP contribution in [0.4, 0.5) is 10.1 Å². The minimum Gasteiger partial charge on any atom is -0.397 e. The first-order chi connectivity index (χ1) is 7.70. The number of rotatable bonds is 2. The Morgan fingerprint density at radius 2 is 2.06 bits per heavy atom. The fraction of sp³-hybridized carbons (Fsp3) is 0.0833. The molecular weight excluding hydrogens is 205 g/mol. The number of anilines is 1. The van der Waals surface area contributed by atoms with Gasteiger partial charge >= 0.3 is 0 Å². The Balaban J connectivity index is 2.49. The lowest BCUT2D eigenvalue weighted by molar-refractivity contribution is 0.622. The van der Waals surface area contributed by atoms with Crippen molar-refractivity contribution in [3.8, 4) is 11.3 Å². The van der Waals surface area contributed by atoms with E-state index < -0.39 is 5.82 Å². The molecule has 0 aliphatic rings. The molecule has 4 heteroatoms. The molecule has 3 nitrogen and oxygen atoms in total. The quantitative estimate of drug-likeness (QED) is 0.807. The number of hydrogen-bond donors (Lipinski definition) is 2. The number of aromatic nitrogens is 1. The average Bonchev–Trinajstić information content (AvgIpc) is 2.29. The van der Waals surface area contributed by atoms with Crippen molar-refractivity contribution >= 4 is 5.69 Å². The summed E-state index contributed by atoms with van der Waals surface area (Å²) >= 11 is 0. The van der Waals surface area contributed by atoms with Crippen molar-refractivity contribution in [3.63, 3.8) is 0 Å². The van der Waals surface area contributed by atoms with Crippen molar-refractivity contribution in [1.29, 1.82) is 0 Å². The van der Waals surface area contributed by atoms with Crippen molar-refractivity contribution in [1.82, 2.24) is 4.98 Å². The SMILES string of the molecule is NCc1cccc(-c2ncc(F)cc2N)c1. The summed E-state index contributed by atoms with van der Waals surface area (Å²) < 4.78 is 12.8. The van der Waals surface area contributed by atoms with Crippen LogP contribution in [0.1, 0.15) is 5.56 Å². The third-order valence-corrected chi connectivity index (χ3v) is 2.32. The molecule has 4 N–H and O–H groups in total. The number of benzene rings is 1. The van der Waals surface area contributed by atoms with Crippen molar-refractivity contribution in [2.24, 2.45) is 5.73 Å². The summed E-state index contributed by atoms with van der Waals surface area (Å²) in [4.78, 5) is 3.98. The van der Waals surface area contributed by atoms with Gasteiger partial charge < -0.3 is 11.5 Å². The second kappa shape index (κ2) is 4.28. The lowest BCUT2D eigenvalue weighted by atomic mass is 10.1. The maximum atomic E-state index is 12.8. The molecule has 1 aromatic carbocycles. The first-order valence-corrected chi connectivity index (χ1v) is 4.91. The Kier molecular flexibility index (Phi) is 2.83. The average molecular weight is 217 g/mol. The second-order valence-corrected chi connectivity index (χ2v) is 3.50. The highest BCUT2D eigenvalue weighted by Crippen LogP contribution is 2.24. The lowest BCUT2D eigenvalue weighted by Gasteiger charge is -2.06. The van der Waals surface area contributed by atoms with Gasteiger partial charge in [-0.1, -0.05) is 18.2 Å². The minimum atomic E-state index is -0.434. The molecule has 1 aromatic heterocycles. The van der Waals surface area contributed by atoms with Gasteiger partial charge in [0, 0.05) is 18.2 Å². The van der Waals surface area contributed by atoms with Gasteiger partial charge in [0.2, 0.25) is 0 Å². The van der Waals surface area contributed by atoms with Crippen LogP contribution in [-0.2, 0) is 6.54 Å². The van der Waals surface area contributed by atoms with Crippen LogP contribution in [0.25, 0.3) is 11.3 Å². The Morgan fingerprint density at radius 1 is 1.25 bits per heavy atom. The zero-order valence-corrected chi connectivity index (χ0v) is 8.65. The van der Waals surface area contributed by atoms with Gasteiger partial charge in [0.25, 0.3) is 0 Å². The topological polar surface area (TPSA) is 64.9 Å². The molecule has 2 aromatic rings. The molecule has 82 valence electrons. The molecule has 0 aliphatic heterocycles. The molecule has 0 spiro atoms. The van der Waals surface area contributed by atoms with Gasteiger partial charge in [-0.2, -0.15) is 0 Å². The molecular formula is C12H12FN3. The highest BCUT2D eigenvalue weighted by atomic mass is 19.1. The third kappa shape index (κ3) is 2.01. The van der Waals surface area contributed by atoms with E-state index in [-0.39, 0.29) is 0 Å². The maximum absolute atomic E-state index is 12.8. The fourth-order valence-electron chi connectivity index (χ4n) is 1.54.